The first-order valence-electron chi connectivity index (χ1n) is 8.69. The van der Waals surface area contributed by atoms with Crippen LogP contribution in [0.3, 0.4) is 0 Å². The summed E-state index contributed by atoms with van der Waals surface area (Å²) in [7, 11) is -3.95. The fraction of sp³-hybridized carbons (Fsp3) is 0. The Morgan fingerprint density at radius 1 is 0.862 bits per heavy atom. The molecular formula is C22H15NO5S. The maximum absolute atomic E-state index is 12.4. The van der Waals surface area contributed by atoms with Crippen LogP contribution in [0.15, 0.2) is 101 Å². The average molecular weight is 405 g/mol. The smallest absolute Gasteiger partial charge is 0.363 e. The maximum Gasteiger partial charge on any atom is 0.363 e. The van der Waals surface area contributed by atoms with Gasteiger partial charge in [0.2, 0.25) is 5.90 Å². The van der Waals surface area contributed by atoms with Gasteiger partial charge in [-0.25, -0.2) is 9.79 Å². The van der Waals surface area contributed by atoms with Gasteiger partial charge in [0, 0.05) is 5.56 Å². The number of cyclic esters (lactones) is 1. The highest BCUT2D eigenvalue weighted by Crippen LogP contribution is 2.23. The van der Waals surface area contributed by atoms with E-state index in [0.717, 1.165) is 0 Å². The van der Waals surface area contributed by atoms with Crippen molar-refractivity contribution in [2.75, 3.05) is 0 Å². The minimum atomic E-state index is -3.95. The summed E-state index contributed by atoms with van der Waals surface area (Å²) in [5.74, 6) is -0.227. The first-order valence-corrected chi connectivity index (χ1v) is 10.1. The van der Waals surface area contributed by atoms with E-state index in [1.807, 2.05) is 18.2 Å². The molecule has 0 saturated carbocycles. The second kappa shape index (κ2) is 7.73. The number of hydrogen-bond acceptors (Lipinski definition) is 6. The van der Waals surface area contributed by atoms with Crippen LogP contribution in [0.1, 0.15) is 11.1 Å². The number of esters is 1. The van der Waals surface area contributed by atoms with Crippen LogP contribution in [0.4, 0.5) is 0 Å². The molecule has 0 unspecified atom stereocenters. The zero-order valence-electron chi connectivity index (χ0n) is 15.1. The van der Waals surface area contributed by atoms with Crippen molar-refractivity contribution in [3.05, 3.63) is 102 Å². The molecule has 0 radical (unpaired) electrons. The van der Waals surface area contributed by atoms with E-state index in [9.17, 15) is 13.2 Å². The van der Waals surface area contributed by atoms with Gasteiger partial charge in [0.15, 0.2) is 5.70 Å². The molecule has 4 rings (SSSR count). The molecule has 0 bridgehead atoms. The van der Waals surface area contributed by atoms with Gasteiger partial charge < -0.3 is 8.92 Å². The number of aliphatic imine (C=N–C) groups is 1. The summed E-state index contributed by atoms with van der Waals surface area (Å²) in [5, 5.41) is 0. The van der Waals surface area contributed by atoms with Gasteiger partial charge in [0.25, 0.3) is 0 Å². The molecule has 1 heterocycles. The Kier molecular flexibility index (Phi) is 4.97. The normalized spacial score (nSPS) is 15.1. The highest BCUT2D eigenvalue weighted by molar-refractivity contribution is 7.87. The fourth-order valence-corrected chi connectivity index (χ4v) is 3.63. The predicted octanol–water partition coefficient (Wildman–Crippen LogP) is 3.80. The number of carbonyl (C=O) groups is 1. The van der Waals surface area contributed by atoms with Gasteiger partial charge in [0.05, 0.1) is 0 Å². The summed E-state index contributed by atoms with van der Waals surface area (Å²) >= 11 is 0. The molecule has 0 N–H and O–H groups in total. The molecule has 3 aromatic rings. The molecule has 6 nitrogen and oxygen atoms in total. The number of rotatable bonds is 5. The van der Waals surface area contributed by atoms with Gasteiger partial charge in [-0.1, -0.05) is 48.5 Å². The quantitative estimate of drug-likeness (QED) is 0.366. The van der Waals surface area contributed by atoms with Crippen molar-refractivity contribution in [2.45, 2.75) is 4.90 Å². The van der Waals surface area contributed by atoms with Crippen molar-refractivity contribution < 1.29 is 22.1 Å². The van der Waals surface area contributed by atoms with Crippen LogP contribution in [0.25, 0.3) is 6.08 Å². The van der Waals surface area contributed by atoms with Crippen molar-refractivity contribution in [1.29, 1.82) is 0 Å². The lowest BCUT2D eigenvalue weighted by Crippen LogP contribution is -2.09. The fourth-order valence-electron chi connectivity index (χ4n) is 2.69. The van der Waals surface area contributed by atoms with Crippen molar-refractivity contribution >= 4 is 28.1 Å². The van der Waals surface area contributed by atoms with Crippen LogP contribution in [-0.4, -0.2) is 20.3 Å². The van der Waals surface area contributed by atoms with E-state index >= 15 is 0 Å². The van der Waals surface area contributed by atoms with Gasteiger partial charge in [-0.2, -0.15) is 8.42 Å². The van der Waals surface area contributed by atoms with Gasteiger partial charge in [-0.05, 0) is 48.0 Å². The van der Waals surface area contributed by atoms with E-state index in [-0.39, 0.29) is 22.2 Å². The minimum Gasteiger partial charge on any atom is -0.402 e. The summed E-state index contributed by atoms with van der Waals surface area (Å²) in [6.45, 7) is 0. The maximum atomic E-state index is 12.4. The molecule has 0 spiro atoms. The van der Waals surface area contributed by atoms with Crippen LogP contribution < -0.4 is 4.18 Å². The number of nitrogens with zero attached hydrogens (tertiary/aromatic N) is 1. The van der Waals surface area contributed by atoms with Gasteiger partial charge in [0.1, 0.15) is 10.6 Å². The summed E-state index contributed by atoms with van der Waals surface area (Å²) in [6.07, 6.45) is 1.51. The zero-order valence-corrected chi connectivity index (χ0v) is 15.9. The minimum absolute atomic E-state index is 0.0558. The van der Waals surface area contributed by atoms with E-state index < -0.39 is 16.1 Å². The molecule has 0 atom stereocenters. The largest absolute Gasteiger partial charge is 0.402 e. The summed E-state index contributed by atoms with van der Waals surface area (Å²) in [6, 6.07) is 23.3. The molecule has 1 aliphatic rings. The van der Waals surface area contributed by atoms with E-state index in [1.54, 1.807) is 42.5 Å². The van der Waals surface area contributed by atoms with Crippen LogP contribution in [-0.2, 0) is 19.6 Å². The van der Waals surface area contributed by atoms with Gasteiger partial charge in [-0.15, -0.1) is 0 Å². The Morgan fingerprint density at radius 2 is 1.55 bits per heavy atom. The SMILES string of the molecule is O=C1OC(c2ccccc2)=N/C1=C/c1cccc(OS(=O)(=O)c2ccccc2)c1. The molecular weight excluding hydrogens is 390 g/mol. The Balaban J connectivity index is 1.59. The number of ether oxygens (including phenoxy) is 1. The Labute approximate surface area is 167 Å². The van der Waals surface area contributed by atoms with E-state index in [4.69, 9.17) is 8.92 Å². The summed E-state index contributed by atoms with van der Waals surface area (Å²) < 4.78 is 35.2. The Bertz CT molecular complexity index is 1220. The van der Waals surface area contributed by atoms with Crippen LogP contribution in [0.5, 0.6) is 5.75 Å². The molecule has 29 heavy (non-hydrogen) atoms. The number of hydrogen-bond donors (Lipinski definition) is 0. The molecule has 3 aromatic carbocycles. The lowest BCUT2D eigenvalue weighted by Gasteiger charge is -2.07. The standard InChI is InChI=1S/C22H15NO5S/c24-22-20(23-21(27-22)17-9-3-1-4-10-17)15-16-8-7-11-18(14-16)28-29(25,26)19-12-5-2-6-13-19/h1-15H/b20-15+. The molecule has 0 amide bonds. The van der Waals surface area contributed by atoms with Crippen LogP contribution >= 0.6 is 0 Å². The average Bonchev–Trinajstić information content (AvgIpc) is 3.10. The van der Waals surface area contributed by atoms with E-state index in [0.29, 0.717) is 11.1 Å². The van der Waals surface area contributed by atoms with Gasteiger partial charge >= 0.3 is 16.1 Å². The highest BCUT2D eigenvalue weighted by Gasteiger charge is 2.24. The monoisotopic (exact) mass is 405 g/mol. The second-order valence-corrected chi connectivity index (χ2v) is 7.67. The third-order valence-electron chi connectivity index (χ3n) is 4.04. The van der Waals surface area contributed by atoms with E-state index in [2.05, 4.69) is 4.99 Å². The lowest BCUT2D eigenvalue weighted by atomic mass is 10.2. The number of benzene rings is 3. The molecule has 0 saturated heterocycles. The first-order chi connectivity index (χ1) is 14.0. The molecule has 0 aromatic heterocycles. The molecule has 7 heteroatoms. The van der Waals surface area contributed by atoms with Crippen LogP contribution in [0, 0.1) is 0 Å². The lowest BCUT2D eigenvalue weighted by molar-refractivity contribution is -0.129. The van der Waals surface area contributed by atoms with Gasteiger partial charge in [-0.3, -0.25) is 0 Å². The third-order valence-corrected chi connectivity index (χ3v) is 5.30. The van der Waals surface area contributed by atoms with Crippen LogP contribution in [0.2, 0.25) is 0 Å². The predicted molar refractivity (Wildman–Crippen MR) is 108 cm³/mol. The van der Waals surface area contributed by atoms with Crippen molar-refractivity contribution in [3.8, 4) is 5.75 Å². The van der Waals surface area contributed by atoms with Crippen molar-refractivity contribution in [2.24, 2.45) is 4.99 Å². The molecule has 1 aliphatic heterocycles. The van der Waals surface area contributed by atoms with Crippen molar-refractivity contribution in [3.63, 3.8) is 0 Å². The first kappa shape index (κ1) is 18.6. The van der Waals surface area contributed by atoms with E-state index in [1.165, 1.54) is 30.3 Å². The van der Waals surface area contributed by atoms with Crippen molar-refractivity contribution in [1.82, 2.24) is 0 Å². The molecule has 0 aliphatic carbocycles. The Hall–Kier alpha value is -3.71. The third kappa shape index (κ3) is 4.25. The second-order valence-electron chi connectivity index (χ2n) is 6.13. The topological polar surface area (TPSA) is 82.0 Å². The highest BCUT2D eigenvalue weighted by atomic mass is 32.2. The zero-order chi connectivity index (χ0) is 20.3. The number of carbonyl (C=O) groups excluding carboxylic acids is 1. The molecule has 144 valence electrons. The Morgan fingerprint density at radius 3 is 2.28 bits per heavy atom. The molecule has 0 fully saturated rings. The summed E-state index contributed by atoms with van der Waals surface area (Å²) in [4.78, 5) is 16.4. The summed E-state index contributed by atoms with van der Waals surface area (Å²) in [5.41, 5.74) is 1.36.